The van der Waals surface area contributed by atoms with Crippen LogP contribution in [0.1, 0.15) is 5.56 Å². The Balaban J connectivity index is 2.05. The molecule has 0 aliphatic rings. The van der Waals surface area contributed by atoms with Gasteiger partial charge in [-0.2, -0.15) is 0 Å². The number of aryl methyl sites for hydroxylation is 1. The van der Waals surface area contributed by atoms with Crippen LogP contribution in [0.2, 0.25) is 0 Å². The van der Waals surface area contributed by atoms with Crippen LogP contribution in [0.5, 0.6) is 0 Å². The SMILES string of the molecule is Cn1nnnc1NCc1ccc(S(C)(=O)=O)cc1. The second kappa shape index (κ2) is 4.73. The molecule has 2 aromatic rings. The number of hydrogen-bond donors (Lipinski definition) is 1. The Morgan fingerprint density at radius 1 is 1.28 bits per heavy atom. The average Bonchev–Trinajstić information content (AvgIpc) is 2.72. The molecule has 0 spiro atoms. The van der Waals surface area contributed by atoms with Crippen molar-refractivity contribution < 1.29 is 8.42 Å². The molecule has 0 radical (unpaired) electrons. The Labute approximate surface area is 105 Å². The Hall–Kier alpha value is -1.96. The minimum absolute atomic E-state index is 0.312. The highest BCUT2D eigenvalue weighted by Gasteiger charge is 2.06. The number of rotatable bonds is 4. The first-order valence-electron chi connectivity index (χ1n) is 5.22. The number of aromatic nitrogens is 4. The van der Waals surface area contributed by atoms with Crippen LogP contribution in [-0.4, -0.2) is 34.9 Å². The molecule has 7 nitrogen and oxygen atoms in total. The Bertz CT molecular complexity index is 633. The maximum absolute atomic E-state index is 11.3. The molecule has 0 aliphatic heterocycles. The van der Waals surface area contributed by atoms with Crippen molar-refractivity contribution in [3.63, 3.8) is 0 Å². The van der Waals surface area contributed by atoms with Crippen molar-refractivity contribution in [2.45, 2.75) is 11.4 Å². The topological polar surface area (TPSA) is 89.8 Å². The first kappa shape index (κ1) is 12.5. The molecule has 0 bridgehead atoms. The van der Waals surface area contributed by atoms with Gasteiger partial charge in [-0.05, 0) is 28.1 Å². The maximum atomic E-state index is 11.3. The Morgan fingerprint density at radius 3 is 2.44 bits per heavy atom. The number of benzene rings is 1. The lowest BCUT2D eigenvalue weighted by Crippen LogP contribution is -2.06. The number of tetrazole rings is 1. The second-order valence-corrected chi connectivity index (χ2v) is 5.91. The summed E-state index contributed by atoms with van der Waals surface area (Å²) in [7, 11) is -1.41. The van der Waals surface area contributed by atoms with Crippen LogP contribution in [0.4, 0.5) is 5.95 Å². The first-order chi connectivity index (χ1) is 8.47. The first-order valence-corrected chi connectivity index (χ1v) is 7.11. The summed E-state index contributed by atoms with van der Waals surface area (Å²) in [5.41, 5.74) is 0.949. The van der Waals surface area contributed by atoms with Crippen molar-refractivity contribution in [3.8, 4) is 0 Å². The van der Waals surface area contributed by atoms with Gasteiger partial charge in [-0.3, -0.25) is 0 Å². The Morgan fingerprint density at radius 2 is 1.94 bits per heavy atom. The minimum Gasteiger partial charge on any atom is -0.349 e. The van der Waals surface area contributed by atoms with E-state index in [0.717, 1.165) is 5.56 Å². The van der Waals surface area contributed by atoms with Gasteiger partial charge >= 0.3 is 0 Å². The third-order valence-electron chi connectivity index (χ3n) is 2.42. The van der Waals surface area contributed by atoms with Gasteiger partial charge in [0.25, 0.3) is 0 Å². The summed E-state index contributed by atoms with van der Waals surface area (Å²) in [5, 5.41) is 14.0. The number of hydrogen-bond acceptors (Lipinski definition) is 6. The van der Waals surface area contributed by atoms with Gasteiger partial charge < -0.3 is 5.32 Å². The molecule has 0 fully saturated rings. The van der Waals surface area contributed by atoms with E-state index in [0.29, 0.717) is 17.4 Å². The molecule has 8 heteroatoms. The van der Waals surface area contributed by atoms with E-state index in [4.69, 9.17) is 0 Å². The van der Waals surface area contributed by atoms with Crippen LogP contribution in [0.25, 0.3) is 0 Å². The molecular formula is C10H13N5O2S. The monoisotopic (exact) mass is 267 g/mol. The lowest BCUT2D eigenvalue weighted by molar-refractivity contribution is 0.602. The van der Waals surface area contributed by atoms with Crippen LogP contribution in [0.15, 0.2) is 29.2 Å². The molecule has 1 heterocycles. The summed E-state index contributed by atoms with van der Waals surface area (Å²) in [4.78, 5) is 0.312. The summed E-state index contributed by atoms with van der Waals surface area (Å²) in [5.74, 6) is 0.558. The molecule has 2 rings (SSSR count). The largest absolute Gasteiger partial charge is 0.349 e. The predicted octanol–water partition coefficient (Wildman–Crippen LogP) is 0.226. The van der Waals surface area contributed by atoms with Gasteiger partial charge in [0.2, 0.25) is 5.95 Å². The fourth-order valence-electron chi connectivity index (χ4n) is 1.41. The lowest BCUT2D eigenvalue weighted by Gasteiger charge is -2.05. The van der Waals surface area contributed by atoms with Gasteiger partial charge in [-0.1, -0.05) is 17.2 Å². The fourth-order valence-corrected chi connectivity index (χ4v) is 2.05. The molecule has 0 unspecified atom stereocenters. The van der Waals surface area contributed by atoms with E-state index in [1.165, 1.54) is 10.9 Å². The third-order valence-corrected chi connectivity index (χ3v) is 3.55. The van der Waals surface area contributed by atoms with Crippen LogP contribution in [0, 0.1) is 0 Å². The molecule has 0 amide bonds. The maximum Gasteiger partial charge on any atom is 0.242 e. The highest BCUT2D eigenvalue weighted by molar-refractivity contribution is 7.90. The third kappa shape index (κ3) is 2.83. The standard InChI is InChI=1S/C10H13N5O2S/c1-15-10(12-13-14-15)11-7-8-3-5-9(6-4-8)18(2,16)17/h3-6H,7H2,1-2H3,(H,11,12,14). The van der Waals surface area contributed by atoms with Gasteiger partial charge in [0.15, 0.2) is 9.84 Å². The quantitative estimate of drug-likeness (QED) is 0.852. The average molecular weight is 267 g/mol. The van der Waals surface area contributed by atoms with E-state index in [9.17, 15) is 8.42 Å². The predicted molar refractivity (Wildman–Crippen MR) is 65.7 cm³/mol. The number of sulfone groups is 1. The molecule has 1 N–H and O–H groups in total. The van der Waals surface area contributed by atoms with Gasteiger partial charge in [-0.25, -0.2) is 13.1 Å². The highest BCUT2D eigenvalue weighted by Crippen LogP contribution is 2.11. The number of nitrogens with zero attached hydrogens (tertiary/aromatic N) is 4. The van der Waals surface area contributed by atoms with Crippen molar-refractivity contribution in [3.05, 3.63) is 29.8 Å². The molecule has 1 aromatic carbocycles. The van der Waals surface area contributed by atoms with Gasteiger partial charge in [-0.15, -0.1) is 0 Å². The van der Waals surface area contributed by atoms with Crippen molar-refractivity contribution in [1.82, 2.24) is 20.2 Å². The molecular weight excluding hydrogens is 254 g/mol. The Kier molecular flexibility index (Phi) is 3.28. The van der Waals surface area contributed by atoms with E-state index in [-0.39, 0.29) is 0 Å². The van der Waals surface area contributed by atoms with Gasteiger partial charge in [0.1, 0.15) is 0 Å². The molecule has 0 saturated carbocycles. The van der Waals surface area contributed by atoms with Crippen molar-refractivity contribution in [1.29, 1.82) is 0 Å². The normalized spacial score (nSPS) is 11.4. The van der Waals surface area contributed by atoms with E-state index < -0.39 is 9.84 Å². The second-order valence-electron chi connectivity index (χ2n) is 3.90. The zero-order chi connectivity index (χ0) is 13.2. The summed E-state index contributed by atoms with van der Waals surface area (Å²) < 4.78 is 24.1. The van der Waals surface area contributed by atoms with Gasteiger partial charge in [0.05, 0.1) is 4.90 Å². The summed E-state index contributed by atoms with van der Waals surface area (Å²) in [6, 6.07) is 6.68. The van der Waals surface area contributed by atoms with Crippen molar-refractivity contribution in [2.75, 3.05) is 11.6 Å². The smallest absolute Gasteiger partial charge is 0.242 e. The molecule has 0 saturated heterocycles. The van der Waals surface area contributed by atoms with Crippen LogP contribution in [-0.2, 0) is 23.4 Å². The van der Waals surface area contributed by atoms with Crippen LogP contribution >= 0.6 is 0 Å². The molecule has 0 atom stereocenters. The molecule has 0 aliphatic carbocycles. The molecule has 96 valence electrons. The molecule has 1 aromatic heterocycles. The number of anilines is 1. The van der Waals surface area contributed by atoms with Crippen molar-refractivity contribution in [2.24, 2.45) is 7.05 Å². The summed E-state index contributed by atoms with van der Waals surface area (Å²) >= 11 is 0. The van der Waals surface area contributed by atoms with E-state index in [1.54, 1.807) is 31.3 Å². The fraction of sp³-hybridized carbons (Fsp3) is 0.300. The zero-order valence-corrected chi connectivity index (χ0v) is 10.8. The summed E-state index contributed by atoms with van der Waals surface area (Å²) in [6.45, 7) is 0.526. The van der Waals surface area contributed by atoms with E-state index in [1.807, 2.05) is 0 Å². The lowest BCUT2D eigenvalue weighted by atomic mass is 10.2. The van der Waals surface area contributed by atoms with Gasteiger partial charge in [0, 0.05) is 19.8 Å². The summed E-state index contributed by atoms with van der Waals surface area (Å²) in [6.07, 6.45) is 1.19. The molecule has 18 heavy (non-hydrogen) atoms. The van der Waals surface area contributed by atoms with Crippen LogP contribution in [0.3, 0.4) is 0 Å². The van der Waals surface area contributed by atoms with E-state index >= 15 is 0 Å². The van der Waals surface area contributed by atoms with Crippen LogP contribution < -0.4 is 5.32 Å². The zero-order valence-electron chi connectivity index (χ0n) is 10.0. The van der Waals surface area contributed by atoms with Crippen molar-refractivity contribution >= 4 is 15.8 Å². The number of nitrogens with one attached hydrogen (secondary N) is 1. The minimum atomic E-state index is -3.14. The van der Waals surface area contributed by atoms with E-state index in [2.05, 4.69) is 20.8 Å². The highest BCUT2D eigenvalue weighted by atomic mass is 32.2.